The summed E-state index contributed by atoms with van der Waals surface area (Å²) in [5, 5.41) is 11.9. The summed E-state index contributed by atoms with van der Waals surface area (Å²) in [5.74, 6) is -0.907. The molecule has 1 aromatic carbocycles. The van der Waals surface area contributed by atoms with Crippen LogP contribution in [0, 0.1) is 25.2 Å². The van der Waals surface area contributed by atoms with Crippen molar-refractivity contribution in [3.05, 3.63) is 51.4 Å². The molecular formula is C15H13N3O2S. The number of primary amides is 1. The number of benzene rings is 1. The summed E-state index contributed by atoms with van der Waals surface area (Å²) >= 11 is 1.31. The largest absolute Gasteiger partial charge is 0.365 e. The van der Waals surface area contributed by atoms with Crippen LogP contribution in [0.4, 0.5) is 5.00 Å². The minimum atomic E-state index is -0.563. The Morgan fingerprint density at radius 1 is 1.24 bits per heavy atom. The molecule has 0 bridgehead atoms. The van der Waals surface area contributed by atoms with Gasteiger partial charge in [-0.3, -0.25) is 9.59 Å². The van der Waals surface area contributed by atoms with E-state index in [1.54, 1.807) is 31.2 Å². The number of nitrogens with one attached hydrogen (secondary N) is 1. The summed E-state index contributed by atoms with van der Waals surface area (Å²) in [5.41, 5.74) is 7.38. The van der Waals surface area contributed by atoms with Gasteiger partial charge >= 0.3 is 0 Å². The molecule has 0 radical (unpaired) electrons. The van der Waals surface area contributed by atoms with E-state index in [1.807, 2.05) is 13.0 Å². The van der Waals surface area contributed by atoms with Crippen molar-refractivity contribution in [3.63, 3.8) is 0 Å². The van der Waals surface area contributed by atoms with Gasteiger partial charge in [-0.25, -0.2) is 0 Å². The number of carbonyl (C=O) groups excluding carboxylic acids is 2. The van der Waals surface area contributed by atoms with Crippen LogP contribution in [-0.4, -0.2) is 11.8 Å². The standard InChI is InChI=1S/C15H13N3O2S/c1-8-9(2)21-15(12(8)13(17)19)18-14(20)11-5-3-10(7-16)4-6-11/h3-6H,1-2H3,(H2,17,19)(H,18,20). The fourth-order valence-electron chi connectivity index (χ4n) is 1.88. The molecule has 2 rings (SSSR count). The Kier molecular flexibility index (Phi) is 4.05. The van der Waals surface area contributed by atoms with Gasteiger partial charge in [0, 0.05) is 10.4 Å². The average Bonchev–Trinajstić information content (AvgIpc) is 2.73. The summed E-state index contributed by atoms with van der Waals surface area (Å²) in [6.07, 6.45) is 0. The van der Waals surface area contributed by atoms with E-state index in [1.165, 1.54) is 11.3 Å². The second-order valence-electron chi connectivity index (χ2n) is 4.49. The zero-order valence-corrected chi connectivity index (χ0v) is 12.4. The summed E-state index contributed by atoms with van der Waals surface area (Å²) < 4.78 is 0. The SMILES string of the molecule is Cc1sc(NC(=O)c2ccc(C#N)cc2)c(C(N)=O)c1C. The Labute approximate surface area is 126 Å². The molecule has 0 saturated carbocycles. The molecule has 0 aliphatic rings. The Balaban J connectivity index is 2.29. The summed E-state index contributed by atoms with van der Waals surface area (Å²) in [7, 11) is 0. The van der Waals surface area contributed by atoms with Gasteiger partial charge in [-0.05, 0) is 43.7 Å². The number of nitrogens with two attached hydrogens (primary N) is 1. The van der Waals surface area contributed by atoms with Crippen LogP contribution in [0.2, 0.25) is 0 Å². The van der Waals surface area contributed by atoms with Crippen molar-refractivity contribution < 1.29 is 9.59 Å². The van der Waals surface area contributed by atoms with Crippen LogP contribution in [0.25, 0.3) is 0 Å². The lowest BCUT2D eigenvalue weighted by Crippen LogP contribution is -2.17. The van der Waals surface area contributed by atoms with Crippen molar-refractivity contribution in [1.82, 2.24) is 0 Å². The first-order chi connectivity index (χ1) is 9.93. The van der Waals surface area contributed by atoms with Gasteiger partial charge in [0.25, 0.3) is 11.8 Å². The Bertz CT molecular complexity index is 754. The molecule has 0 fully saturated rings. The van der Waals surface area contributed by atoms with Gasteiger partial charge in [-0.2, -0.15) is 5.26 Å². The second-order valence-corrected chi connectivity index (χ2v) is 5.72. The summed E-state index contributed by atoms with van der Waals surface area (Å²) in [6, 6.07) is 8.24. The van der Waals surface area contributed by atoms with Crippen LogP contribution in [0.3, 0.4) is 0 Å². The number of amides is 2. The number of nitriles is 1. The lowest BCUT2D eigenvalue weighted by atomic mass is 10.1. The van der Waals surface area contributed by atoms with Gasteiger partial charge in [-0.1, -0.05) is 0 Å². The number of rotatable bonds is 3. The van der Waals surface area contributed by atoms with E-state index in [9.17, 15) is 9.59 Å². The minimum Gasteiger partial charge on any atom is -0.365 e. The number of hydrogen-bond acceptors (Lipinski definition) is 4. The van der Waals surface area contributed by atoms with E-state index in [0.29, 0.717) is 21.7 Å². The number of hydrogen-bond donors (Lipinski definition) is 2. The third-order valence-electron chi connectivity index (χ3n) is 3.13. The molecule has 0 unspecified atom stereocenters. The molecule has 5 nitrogen and oxygen atoms in total. The molecular weight excluding hydrogens is 286 g/mol. The number of anilines is 1. The molecule has 1 heterocycles. The van der Waals surface area contributed by atoms with Crippen molar-refractivity contribution in [3.8, 4) is 6.07 Å². The molecule has 0 spiro atoms. The van der Waals surface area contributed by atoms with Gasteiger partial charge < -0.3 is 11.1 Å². The predicted octanol–water partition coefficient (Wildman–Crippen LogP) is 2.59. The van der Waals surface area contributed by atoms with Crippen LogP contribution in [0.15, 0.2) is 24.3 Å². The van der Waals surface area contributed by atoms with Crippen molar-refractivity contribution >= 4 is 28.2 Å². The third kappa shape index (κ3) is 2.93. The first kappa shape index (κ1) is 14.8. The Morgan fingerprint density at radius 2 is 1.86 bits per heavy atom. The maximum absolute atomic E-state index is 12.2. The van der Waals surface area contributed by atoms with E-state index in [0.717, 1.165) is 10.4 Å². The molecule has 2 aromatic rings. The van der Waals surface area contributed by atoms with E-state index in [-0.39, 0.29) is 5.91 Å². The average molecular weight is 299 g/mol. The highest BCUT2D eigenvalue weighted by Crippen LogP contribution is 2.32. The van der Waals surface area contributed by atoms with Gasteiger partial charge in [0.05, 0.1) is 17.2 Å². The molecule has 0 aliphatic carbocycles. The normalized spacial score (nSPS) is 9.95. The van der Waals surface area contributed by atoms with E-state index >= 15 is 0 Å². The molecule has 6 heteroatoms. The lowest BCUT2D eigenvalue weighted by Gasteiger charge is -2.05. The molecule has 1 aromatic heterocycles. The van der Waals surface area contributed by atoms with E-state index in [4.69, 9.17) is 11.0 Å². The number of thiophene rings is 1. The number of carbonyl (C=O) groups is 2. The molecule has 3 N–H and O–H groups in total. The highest BCUT2D eigenvalue weighted by atomic mass is 32.1. The van der Waals surface area contributed by atoms with Crippen molar-refractivity contribution in [2.24, 2.45) is 5.73 Å². The lowest BCUT2D eigenvalue weighted by molar-refractivity contribution is 0.100. The maximum atomic E-state index is 12.2. The van der Waals surface area contributed by atoms with Crippen molar-refractivity contribution in [1.29, 1.82) is 5.26 Å². The molecule has 0 aliphatic heterocycles. The van der Waals surface area contributed by atoms with Crippen LogP contribution >= 0.6 is 11.3 Å². The van der Waals surface area contributed by atoms with Crippen molar-refractivity contribution in [2.45, 2.75) is 13.8 Å². The van der Waals surface area contributed by atoms with Gasteiger partial charge in [0.1, 0.15) is 5.00 Å². The highest BCUT2D eigenvalue weighted by molar-refractivity contribution is 7.16. The van der Waals surface area contributed by atoms with Crippen molar-refractivity contribution in [2.75, 3.05) is 5.32 Å². The van der Waals surface area contributed by atoms with E-state index < -0.39 is 5.91 Å². The smallest absolute Gasteiger partial charge is 0.256 e. The zero-order valence-electron chi connectivity index (χ0n) is 11.6. The zero-order chi connectivity index (χ0) is 15.6. The molecule has 2 amide bonds. The topological polar surface area (TPSA) is 96.0 Å². The molecule has 0 atom stereocenters. The van der Waals surface area contributed by atoms with Crippen LogP contribution in [0.5, 0.6) is 0 Å². The van der Waals surface area contributed by atoms with Crippen LogP contribution < -0.4 is 11.1 Å². The van der Waals surface area contributed by atoms with Crippen LogP contribution in [-0.2, 0) is 0 Å². The van der Waals surface area contributed by atoms with Gasteiger partial charge in [0.15, 0.2) is 0 Å². The highest BCUT2D eigenvalue weighted by Gasteiger charge is 2.19. The fourth-order valence-corrected chi connectivity index (χ4v) is 2.94. The first-order valence-electron chi connectivity index (χ1n) is 6.15. The van der Waals surface area contributed by atoms with Gasteiger partial charge in [0.2, 0.25) is 0 Å². The minimum absolute atomic E-state index is 0.344. The third-order valence-corrected chi connectivity index (χ3v) is 4.26. The first-order valence-corrected chi connectivity index (χ1v) is 6.97. The van der Waals surface area contributed by atoms with E-state index in [2.05, 4.69) is 5.32 Å². The predicted molar refractivity (Wildman–Crippen MR) is 81.4 cm³/mol. The summed E-state index contributed by atoms with van der Waals surface area (Å²) in [6.45, 7) is 3.66. The fraction of sp³-hybridized carbons (Fsp3) is 0.133. The Morgan fingerprint density at radius 3 is 2.38 bits per heavy atom. The number of nitrogens with zero attached hydrogens (tertiary/aromatic N) is 1. The van der Waals surface area contributed by atoms with Gasteiger partial charge in [-0.15, -0.1) is 11.3 Å². The molecule has 0 saturated heterocycles. The monoisotopic (exact) mass is 299 g/mol. The summed E-state index contributed by atoms with van der Waals surface area (Å²) in [4.78, 5) is 24.6. The molecule has 21 heavy (non-hydrogen) atoms. The molecule has 106 valence electrons. The second kappa shape index (κ2) is 5.77. The quantitative estimate of drug-likeness (QED) is 0.911. The maximum Gasteiger partial charge on any atom is 0.256 e. The van der Waals surface area contributed by atoms with Crippen LogP contribution in [0.1, 0.15) is 36.7 Å². The Hall–Kier alpha value is -2.65. The number of aryl methyl sites for hydroxylation is 1.